The van der Waals surface area contributed by atoms with Crippen molar-refractivity contribution in [3.8, 4) is 0 Å². The van der Waals surface area contributed by atoms with Crippen molar-refractivity contribution in [3.05, 3.63) is 65.7 Å². The topological polar surface area (TPSA) is 58.3 Å². The zero-order valence-corrected chi connectivity index (χ0v) is 9.72. The highest BCUT2D eigenvalue weighted by atomic mass is 16.3. The van der Waals surface area contributed by atoms with Gasteiger partial charge in [-0.1, -0.05) is 48.5 Å². The molecule has 0 bridgehead atoms. The summed E-state index contributed by atoms with van der Waals surface area (Å²) in [4.78, 5) is 0. The molecule has 0 radical (unpaired) electrons. The molecule has 17 heavy (non-hydrogen) atoms. The number of aliphatic hydroxyl groups is 1. The van der Waals surface area contributed by atoms with Gasteiger partial charge in [-0.15, -0.1) is 0 Å². The van der Waals surface area contributed by atoms with Crippen LogP contribution in [0.5, 0.6) is 0 Å². The predicted molar refractivity (Wildman–Crippen MR) is 69.4 cm³/mol. The molecule has 0 heterocycles. The monoisotopic (exact) mass is 228 g/mol. The molecule has 2 aromatic rings. The predicted octanol–water partition coefficient (Wildman–Crippen LogP) is 2.23. The lowest BCUT2D eigenvalue weighted by molar-refractivity contribution is 0.103. The average Bonchev–Trinajstić information content (AvgIpc) is 2.39. The second kappa shape index (κ2) is 4.57. The summed E-state index contributed by atoms with van der Waals surface area (Å²) >= 11 is 0. The Morgan fingerprint density at radius 1 is 1.00 bits per heavy atom. The molecule has 0 aliphatic carbocycles. The van der Waals surface area contributed by atoms with Crippen LogP contribution in [0.3, 0.4) is 0 Å². The highest BCUT2D eigenvalue weighted by molar-refractivity contribution is 5.55. The van der Waals surface area contributed by atoms with Crippen molar-refractivity contribution in [1.29, 1.82) is 0 Å². The van der Waals surface area contributed by atoms with Crippen molar-refractivity contribution in [2.45, 2.75) is 12.5 Å². The molecule has 1 atom stereocenters. The zero-order chi connectivity index (χ0) is 12.3. The van der Waals surface area contributed by atoms with E-state index in [9.17, 15) is 5.11 Å². The van der Waals surface area contributed by atoms with Gasteiger partial charge in [0.15, 0.2) is 0 Å². The second-order valence-corrected chi connectivity index (χ2v) is 4.13. The molecule has 3 heteroatoms. The molecule has 88 valence electrons. The van der Waals surface area contributed by atoms with E-state index in [1.54, 1.807) is 6.92 Å². The third-order valence-electron chi connectivity index (χ3n) is 2.94. The van der Waals surface area contributed by atoms with Gasteiger partial charge < -0.3 is 10.5 Å². The quantitative estimate of drug-likeness (QED) is 0.557. The van der Waals surface area contributed by atoms with Gasteiger partial charge in [0, 0.05) is 5.56 Å². The fourth-order valence-corrected chi connectivity index (χ4v) is 1.95. The van der Waals surface area contributed by atoms with Crippen LogP contribution in [-0.4, -0.2) is 5.11 Å². The molecular weight excluding hydrogens is 212 g/mol. The molecule has 2 aromatic carbocycles. The molecule has 1 unspecified atom stereocenters. The number of nitrogen functional groups attached to an aromatic ring is 1. The molecule has 4 N–H and O–H groups in total. The van der Waals surface area contributed by atoms with Crippen molar-refractivity contribution >= 4 is 5.69 Å². The summed E-state index contributed by atoms with van der Waals surface area (Å²) in [7, 11) is 0. The fraction of sp³-hybridized carbons (Fsp3) is 0.143. The van der Waals surface area contributed by atoms with E-state index in [1.165, 1.54) is 0 Å². The summed E-state index contributed by atoms with van der Waals surface area (Å²) in [5, 5.41) is 10.7. The zero-order valence-electron chi connectivity index (χ0n) is 9.72. The van der Waals surface area contributed by atoms with Crippen LogP contribution in [0.25, 0.3) is 0 Å². The largest absolute Gasteiger partial charge is 0.381 e. The van der Waals surface area contributed by atoms with E-state index in [1.807, 2.05) is 54.6 Å². The summed E-state index contributed by atoms with van der Waals surface area (Å²) in [6, 6.07) is 17.0. The molecule has 0 aliphatic heterocycles. The lowest BCUT2D eigenvalue weighted by Crippen LogP contribution is -2.25. The van der Waals surface area contributed by atoms with Gasteiger partial charge in [0.2, 0.25) is 0 Å². The minimum Gasteiger partial charge on any atom is -0.381 e. The summed E-state index contributed by atoms with van der Waals surface area (Å²) in [5.74, 6) is 5.46. The Kier molecular flexibility index (Phi) is 3.13. The molecule has 0 saturated carbocycles. The molecular formula is C14H16N2O. The fourth-order valence-electron chi connectivity index (χ4n) is 1.95. The molecule has 0 amide bonds. The van der Waals surface area contributed by atoms with Crippen molar-refractivity contribution in [1.82, 2.24) is 0 Å². The Bertz CT molecular complexity index is 495. The minimum absolute atomic E-state index is 0.723. The van der Waals surface area contributed by atoms with Gasteiger partial charge in [0.1, 0.15) is 5.60 Å². The van der Waals surface area contributed by atoms with Crippen LogP contribution in [-0.2, 0) is 5.60 Å². The van der Waals surface area contributed by atoms with Crippen LogP contribution in [0, 0.1) is 0 Å². The maximum Gasteiger partial charge on any atom is 0.114 e. The lowest BCUT2D eigenvalue weighted by atomic mass is 9.87. The Morgan fingerprint density at radius 2 is 1.59 bits per heavy atom. The average molecular weight is 228 g/mol. The molecule has 0 fully saturated rings. The molecule has 0 saturated heterocycles. The number of benzene rings is 2. The van der Waals surface area contributed by atoms with Gasteiger partial charge >= 0.3 is 0 Å². The van der Waals surface area contributed by atoms with E-state index >= 15 is 0 Å². The number of anilines is 1. The van der Waals surface area contributed by atoms with Crippen LogP contribution in [0.4, 0.5) is 5.69 Å². The van der Waals surface area contributed by atoms with Crippen LogP contribution in [0.2, 0.25) is 0 Å². The van der Waals surface area contributed by atoms with E-state index in [-0.39, 0.29) is 0 Å². The first-order valence-corrected chi connectivity index (χ1v) is 5.50. The number of para-hydroxylation sites is 1. The first kappa shape index (κ1) is 11.6. The van der Waals surface area contributed by atoms with Gasteiger partial charge in [-0.2, -0.15) is 0 Å². The van der Waals surface area contributed by atoms with Crippen LogP contribution in [0.15, 0.2) is 54.6 Å². The Morgan fingerprint density at radius 3 is 2.24 bits per heavy atom. The SMILES string of the molecule is CC(O)(c1ccccc1)c1ccccc1NN. The van der Waals surface area contributed by atoms with Gasteiger partial charge in [-0.25, -0.2) is 0 Å². The van der Waals surface area contributed by atoms with Crippen LogP contribution < -0.4 is 11.3 Å². The van der Waals surface area contributed by atoms with Gasteiger partial charge in [-0.05, 0) is 18.6 Å². The van der Waals surface area contributed by atoms with Crippen molar-refractivity contribution in [2.75, 3.05) is 5.43 Å². The van der Waals surface area contributed by atoms with E-state index in [0.717, 1.165) is 16.8 Å². The first-order valence-electron chi connectivity index (χ1n) is 5.50. The lowest BCUT2D eigenvalue weighted by Gasteiger charge is -2.26. The van der Waals surface area contributed by atoms with E-state index in [4.69, 9.17) is 5.84 Å². The Balaban J connectivity index is 2.51. The van der Waals surface area contributed by atoms with E-state index in [2.05, 4.69) is 5.43 Å². The summed E-state index contributed by atoms with van der Waals surface area (Å²) < 4.78 is 0. The maximum absolute atomic E-state index is 10.7. The number of hydrogen-bond donors (Lipinski definition) is 3. The van der Waals surface area contributed by atoms with Crippen molar-refractivity contribution in [2.24, 2.45) is 5.84 Å². The van der Waals surface area contributed by atoms with Crippen molar-refractivity contribution < 1.29 is 5.11 Å². The summed E-state index contributed by atoms with van der Waals surface area (Å²) in [5.41, 5.74) is 3.86. The standard InChI is InChI=1S/C14H16N2O/c1-14(17,11-7-3-2-4-8-11)12-9-5-6-10-13(12)16-15/h2-10,16-17H,15H2,1H3. The van der Waals surface area contributed by atoms with Gasteiger partial charge in [0.25, 0.3) is 0 Å². The van der Waals surface area contributed by atoms with E-state index in [0.29, 0.717) is 0 Å². The smallest absolute Gasteiger partial charge is 0.114 e. The molecule has 0 spiro atoms. The van der Waals surface area contributed by atoms with Crippen LogP contribution >= 0.6 is 0 Å². The highest BCUT2D eigenvalue weighted by Crippen LogP contribution is 2.33. The van der Waals surface area contributed by atoms with E-state index < -0.39 is 5.60 Å². The number of nitrogens with one attached hydrogen (secondary N) is 1. The maximum atomic E-state index is 10.7. The number of hydrogen-bond acceptors (Lipinski definition) is 3. The second-order valence-electron chi connectivity index (χ2n) is 4.13. The Labute approximate surface area is 101 Å². The number of nitrogens with two attached hydrogens (primary N) is 1. The summed E-state index contributed by atoms with van der Waals surface area (Å²) in [6.07, 6.45) is 0. The third kappa shape index (κ3) is 2.16. The third-order valence-corrected chi connectivity index (χ3v) is 2.94. The minimum atomic E-state index is -1.07. The molecule has 2 rings (SSSR count). The first-order chi connectivity index (χ1) is 8.16. The van der Waals surface area contributed by atoms with Gasteiger partial charge in [-0.3, -0.25) is 5.84 Å². The van der Waals surface area contributed by atoms with Gasteiger partial charge in [0.05, 0.1) is 5.69 Å². The van der Waals surface area contributed by atoms with Crippen LogP contribution in [0.1, 0.15) is 18.1 Å². The molecule has 3 nitrogen and oxygen atoms in total. The summed E-state index contributed by atoms with van der Waals surface area (Å²) in [6.45, 7) is 1.76. The highest BCUT2D eigenvalue weighted by Gasteiger charge is 2.27. The normalized spacial score (nSPS) is 14.1. The molecule has 0 aromatic heterocycles. The number of hydrazine groups is 1. The molecule has 0 aliphatic rings. The number of rotatable bonds is 3. The van der Waals surface area contributed by atoms with Crippen molar-refractivity contribution in [3.63, 3.8) is 0 Å². The Hall–Kier alpha value is -1.84.